The normalized spacial score (nSPS) is 10.6. The summed E-state index contributed by atoms with van der Waals surface area (Å²) < 4.78 is 32.1. The third-order valence-corrected chi connectivity index (χ3v) is 2.62. The van der Waals surface area contributed by atoms with Crippen LogP contribution in [0, 0.1) is 10.1 Å². The second-order valence-corrected chi connectivity index (χ2v) is 4.01. The molecular formula is C7H6NNaO6S. The van der Waals surface area contributed by atoms with Gasteiger partial charge in [0.05, 0.1) is 16.4 Å². The monoisotopic (exact) mass is 255 g/mol. The Bertz CT molecular complexity index is 500. The molecule has 0 saturated carbocycles. The van der Waals surface area contributed by atoms with Gasteiger partial charge in [-0.15, -0.1) is 0 Å². The number of hydrogen-bond donors (Lipinski definition) is 1. The van der Waals surface area contributed by atoms with Gasteiger partial charge in [-0.25, -0.2) is 8.42 Å². The molecule has 0 heterocycles. The second kappa shape index (κ2) is 5.71. The molecule has 0 aliphatic heterocycles. The molecule has 9 heteroatoms. The first kappa shape index (κ1) is 15.5. The molecule has 0 saturated heterocycles. The molecule has 0 spiro atoms. The number of rotatable bonds is 3. The van der Waals surface area contributed by atoms with Crippen molar-refractivity contribution >= 4 is 15.8 Å². The van der Waals surface area contributed by atoms with Crippen molar-refractivity contribution in [3.8, 4) is 0 Å². The van der Waals surface area contributed by atoms with Crippen LogP contribution in [-0.2, 0) is 16.7 Å². The van der Waals surface area contributed by atoms with E-state index in [1.165, 1.54) is 0 Å². The van der Waals surface area contributed by atoms with Crippen molar-refractivity contribution in [2.24, 2.45) is 0 Å². The van der Waals surface area contributed by atoms with Crippen LogP contribution in [0.5, 0.6) is 0 Å². The molecule has 1 aromatic carbocycles. The van der Waals surface area contributed by atoms with Gasteiger partial charge >= 0.3 is 29.6 Å². The van der Waals surface area contributed by atoms with Crippen LogP contribution in [0.3, 0.4) is 0 Å². The van der Waals surface area contributed by atoms with E-state index in [1.54, 1.807) is 0 Å². The van der Waals surface area contributed by atoms with E-state index in [4.69, 9.17) is 5.11 Å². The Balaban J connectivity index is 0.00000225. The largest absolute Gasteiger partial charge is 1.00 e. The van der Waals surface area contributed by atoms with E-state index >= 15 is 0 Å². The molecule has 0 radical (unpaired) electrons. The van der Waals surface area contributed by atoms with Crippen LogP contribution in [0.25, 0.3) is 0 Å². The fraction of sp³-hybridized carbons (Fsp3) is 0.143. The minimum absolute atomic E-state index is 0. The van der Waals surface area contributed by atoms with E-state index in [1.807, 2.05) is 0 Å². The Morgan fingerprint density at radius 1 is 1.38 bits per heavy atom. The average molecular weight is 255 g/mol. The summed E-state index contributed by atoms with van der Waals surface area (Å²) in [5, 5.41) is 19.1. The fourth-order valence-electron chi connectivity index (χ4n) is 1.02. The quantitative estimate of drug-likeness (QED) is 0.266. The first-order chi connectivity index (χ1) is 6.86. The van der Waals surface area contributed by atoms with Gasteiger partial charge in [0.15, 0.2) is 0 Å². The van der Waals surface area contributed by atoms with Crippen molar-refractivity contribution in [2.75, 3.05) is 0 Å². The molecule has 7 nitrogen and oxygen atoms in total. The number of nitro groups is 1. The molecular weight excluding hydrogens is 249 g/mol. The number of aliphatic hydroxyl groups is 1. The number of hydrogen-bond acceptors (Lipinski definition) is 6. The smallest absolute Gasteiger partial charge is 0.744 e. The summed E-state index contributed by atoms with van der Waals surface area (Å²) in [6.07, 6.45) is 0. The number of nitrogens with zero attached hydrogens (tertiary/aromatic N) is 1. The zero-order valence-electron chi connectivity index (χ0n) is 8.28. The number of benzene rings is 1. The van der Waals surface area contributed by atoms with E-state index < -0.39 is 32.2 Å². The van der Waals surface area contributed by atoms with Crippen LogP contribution >= 0.6 is 0 Å². The van der Waals surface area contributed by atoms with E-state index in [9.17, 15) is 23.1 Å². The second-order valence-electron chi connectivity index (χ2n) is 2.66. The zero-order valence-corrected chi connectivity index (χ0v) is 11.1. The van der Waals surface area contributed by atoms with Crippen LogP contribution < -0.4 is 29.6 Å². The number of non-ortho nitro benzene ring substituents is 1. The molecule has 0 atom stereocenters. The van der Waals surface area contributed by atoms with Crippen LogP contribution in [0.15, 0.2) is 23.1 Å². The summed E-state index contributed by atoms with van der Waals surface area (Å²) in [6, 6.07) is 2.68. The molecule has 0 amide bonds. The van der Waals surface area contributed by atoms with Crippen molar-refractivity contribution in [3.63, 3.8) is 0 Å². The predicted molar refractivity (Wildman–Crippen MR) is 47.0 cm³/mol. The topological polar surface area (TPSA) is 121 Å². The molecule has 0 bridgehead atoms. The fourth-order valence-corrected chi connectivity index (χ4v) is 1.74. The van der Waals surface area contributed by atoms with Crippen molar-refractivity contribution in [1.82, 2.24) is 0 Å². The van der Waals surface area contributed by atoms with Crippen LogP contribution in [0.4, 0.5) is 5.69 Å². The first-order valence-electron chi connectivity index (χ1n) is 3.70. The van der Waals surface area contributed by atoms with Gasteiger partial charge in [-0.05, 0) is 11.6 Å². The van der Waals surface area contributed by atoms with Gasteiger partial charge in [0.1, 0.15) is 10.1 Å². The molecule has 0 aliphatic rings. The summed E-state index contributed by atoms with van der Waals surface area (Å²) >= 11 is 0. The third kappa shape index (κ3) is 3.51. The van der Waals surface area contributed by atoms with Gasteiger partial charge in [0, 0.05) is 12.1 Å². The minimum atomic E-state index is -4.82. The van der Waals surface area contributed by atoms with Crippen molar-refractivity contribution in [3.05, 3.63) is 33.9 Å². The Labute approximate surface area is 113 Å². The molecule has 1 N–H and O–H groups in total. The van der Waals surface area contributed by atoms with Crippen LogP contribution in [-0.4, -0.2) is 23.0 Å². The molecule has 0 aromatic heterocycles. The van der Waals surface area contributed by atoms with Gasteiger partial charge in [-0.3, -0.25) is 10.1 Å². The SMILES string of the molecule is O=[N+]([O-])c1ccc(CO)c(S(=O)(=O)[O-])c1.[Na+]. The van der Waals surface area contributed by atoms with E-state index in [-0.39, 0.29) is 35.1 Å². The van der Waals surface area contributed by atoms with Crippen molar-refractivity contribution < 1.29 is 52.6 Å². The Morgan fingerprint density at radius 2 is 1.94 bits per heavy atom. The van der Waals surface area contributed by atoms with Gasteiger partial charge in [-0.1, -0.05) is 0 Å². The first-order valence-corrected chi connectivity index (χ1v) is 5.11. The third-order valence-electron chi connectivity index (χ3n) is 1.70. The maximum atomic E-state index is 10.7. The standard InChI is InChI=1S/C7H7NO6S.Na/c9-4-5-1-2-6(8(10)11)3-7(5)15(12,13)14;/h1-3,9H,4H2,(H,12,13,14);/q;+1/p-1. The van der Waals surface area contributed by atoms with Crippen LogP contribution in [0.2, 0.25) is 0 Å². The van der Waals surface area contributed by atoms with Gasteiger partial charge in [-0.2, -0.15) is 0 Å². The Morgan fingerprint density at radius 3 is 2.31 bits per heavy atom. The van der Waals surface area contributed by atoms with Gasteiger partial charge < -0.3 is 9.66 Å². The van der Waals surface area contributed by atoms with E-state index in [0.29, 0.717) is 6.07 Å². The number of nitro benzene ring substituents is 1. The average Bonchev–Trinajstić information content (AvgIpc) is 2.15. The van der Waals surface area contributed by atoms with E-state index in [2.05, 4.69) is 0 Å². The summed E-state index contributed by atoms with van der Waals surface area (Å²) in [7, 11) is -4.82. The number of aliphatic hydroxyl groups excluding tert-OH is 1. The zero-order chi connectivity index (χ0) is 11.6. The Hall–Kier alpha value is -0.510. The van der Waals surface area contributed by atoms with Gasteiger partial charge in [0.2, 0.25) is 0 Å². The summed E-state index contributed by atoms with van der Waals surface area (Å²) in [5.41, 5.74) is -0.669. The molecule has 0 unspecified atom stereocenters. The summed E-state index contributed by atoms with van der Waals surface area (Å²) in [4.78, 5) is 8.74. The Kier molecular flexibility index (Phi) is 5.53. The molecule has 16 heavy (non-hydrogen) atoms. The maximum absolute atomic E-state index is 10.7. The summed E-state index contributed by atoms with van der Waals surface area (Å²) in [6.45, 7) is -0.672. The van der Waals surface area contributed by atoms with Gasteiger partial charge in [0.25, 0.3) is 5.69 Å². The molecule has 1 aromatic rings. The maximum Gasteiger partial charge on any atom is 1.00 e. The minimum Gasteiger partial charge on any atom is -0.744 e. The molecule has 1 rings (SSSR count). The predicted octanol–water partition coefficient (Wildman–Crippen LogP) is -3.00. The molecule has 82 valence electrons. The van der Waals surface area contributed by atoms with Crippen molar-refractivity contribution in [2.45, 2.75) is 11.5 Å². The van der Waals surface area contributed by atoms with Crippen molar-refractivity contribution in [1.29, 1.82) is 0 Å². The summed E-state index contributed by atoms with van der Waals surface area (Å²) in [5.74, 6) is 0. The molecule has 0 aliphatic carbocycles. The van der Waals surface area contributed by atoms with Crippen LogP contribution in [0.1, 0.15) is 5.56 Å². The molecule has 0 fully saturated rings. The van der Waals surface area contributed by atoms with E-state index in [0.717, 1.165) is 12.1 Å².